The summed E-state index contributed by atoms with van der Waals surface area (Å²) in [6.45, 7) is 4.65. The SMILES string of the molecule is Cc1nn(-c2ccccc2)c(C)c1CC(=O)NCCc1cccs1. The molecule has 0 aliphatic carbocycles. The van der Waals surface area contributed by atoms with Gasteiger partial charge in [0.25, 0.3) is 0 Å². The number of nitrogens with one attached hydrogen (secondary N) is 1. The number of thiophene rings is 1. The summed E-state index contributed by atoms with van der Waals surface area (Å²) in [6, 6.07) is 14.1. The van der Waals surface area contributed by atoms with Crippen LogP contribution < -0.4 is 5.32 Å². The summed E-state index contributed by atoms with van der Waals surface area (Å²) in [4.78, 5) is 13.5. The number of hydrogen-bond donors (Lipinski definition) is 1. The summed E-state index contributed by atoms with van der Waals surface area (Å²) in [5, 5.41) is 9.65. The van der Waals surface area contributed by atoms with Gasteiger partial charge in [-0.2, -0.15) is 5.10 Å². The van der Waals surface area contributed by atoms with Crippen LogP contribution in [0.25, 0.3) is 5.69 Å². The van der Waals surface area contributed by atoms with E-state index in [0.29, 0.717) is 13.0 Å². The molecule has 1 aromatic carbocycles. The average Bonchev–Trinajstić information content (AvgIpc) is 3.19. The van der Waals surface area contributed by atoms with Crippen LogP contribution in [0.5, 0.6) is 0 Å². The van der Waals surface area contributed by atoms with Crippen LogP contribution in [0.4, 0.5) is 0 Å². The largest absolute Gasteiger partial charge is 0.355 e. The van der Waals surface area contributed by atoms with Crippen molar-refractivity contribution in [1.82, 2.24) is 15.1 Å². The van der Waals surface area contributed by atoms with Gasteiger partial charge in [-0.3, -0.25) is 4.79 Å². The van der Waals surface area contributed by atoms with Gasteiger partial charge in [0.15, 0.2) is 0 Å². The van der Waals surface area contributed by atoms with Crippen LogP contribution in [0, 0.1) is 13.8 Å². The Morgan fingerprint density at radius 3 is 2.67 bits per heavy atom. The predicted octanol–water partition coefficient (Wildman–Crippen LogP) is 3.45. The molecule has 0 saturated carbocycles. The highest BCUT2D eigenvalue weighted by Crippen LogP contribution is 2.18. The minimum absolute atomic E-state index is 0.0466. The zero-order valence-electron chi connectivity index (χ0n) is 14.0. The number of carbonyl (C=O) groups is 1. The second-order valence-electron chi connectivity index (χ2n) is 5.75. The molecule has 0 aliphatic rings. The Kier molecular flexibility index (Phi) is 5.11. The fourth-order valence-corrected chi connectivity index (χ4v) is 3.46. The van der Waals surface area contributed by atoms with Crippen molar-refractivity contribution in [3.63, 3.8) is 0 Å². The predicted molar refractivity (Wildman–Crippen MR) is 97.8 cm³/mol. The lowest BCUT2D eigenvalue weighted by Gasteiger charge is -2.06. The van der Waals surface area contributed by atoms with Gasteiger partial charge in [-0.05, 0) is 43.8 Å². The molecule has 5 heteroatoms. The van der Waals surface area contributed by atoms with Crippen molar-refractivity contribution in [1.29, 1.82) is 0 Å². The number of hydrogen-bond acceptors (Lipinski definition) is 3. The quantitative estimate of drug-likeness (QED) is 0.748. The van der Waals surface area contributed by atoms with Crippen LogP contribution in [-0.4, -0.2) is 22.2 Å². The van der Waals surface area contributed by atoms with Crippen LogP contribution in [-0.2, 0) is 17.6 Å². The summed E-state index contributed by atoms with van der Waals surface area (Å²) < 4.78 is 1.91. The lowest BCUT2D eigenvalue weighted by Crippen LogP contribution is -2.27. The smallest absolute Gasteiger partial charge is 0.224 e. The molecule has 124 valence electrons. The Labute approximate surface area is 146 Å². The molecule has 0 unspecified atom stereocenters. The van der Waals surface area contributed by atoms with Gasteiger partial charge < -0.3 is 5.32 Å². The highest BCUT2D eigenvalue weighted by atomic mass is 32.1. The first-order valence-corrected chi connectivity index (χ1v) is 8.92. The molecule has 0 bridgehead atoms. The number of aromatic nitrogens is 2. The third-order valence-corrected chi connectivity index (χ3v) is 4.99. The van der Waals surface area contributed by atoms with E-state index >= 15 is 0 Å². The zero-order valence-corrected chi connectivity index (χ0v) is 14.8. The van der Waals surface area contributed by atoms with E-state index in [0.717, 1.165) is 29.1 Å². The molecule has 3 rings (SSSR count). The van der Waals surface area contributed by atoms with Crippen molar-refractivity contribution in [2.75, 3.05) is 6.54 Å². The van der Waals surface area contributed by atoms with E-state index in [-0.39, 0.29) is 5.91 Å². The maximum absolute atomic E-state index is 12.2. The van der Waals surface area contributed by atoms with Crippen molar-refractivity contribution in [3.8, 4) is 5.69 Å². The van der Waals surface area contributed by atoms with Crippen LogP contribution in [0.3, 0.4) is 0 Å². The standard InChI is InChI=1S/C19H21N3OS/c1-14-18(13-19(23)20-11-10-17-9-6-12-24-17)15(2)22(21-14)16-7-4-3-5-8-16/h3-9,12H,10-11,13H2,1-2H3,(H,20,23). The Hall–Kier alpha value is -2.40. The molecule has 3 aromatic rings. The summed E-state index contributed by atoms with van der Waals surface area (Å²) in [6.07, 6.45) is 1.25. The molecular weight excluding hydrogens is 318 g/mol. The van der Waals surface area contributed by atoms with Crippen molar-refractivity contribution >= 4 is 17.2 Å². The van der Waals surface area contributed by atoms with Crippen LogP contribution in [0.2, 0.25) is 0 Å². The Balaban J connectivity index is 1.64. The molecule has 0 radical (unpaired) electrons. The molecule has 0 saturated heterocycles. The van der Waals surface area contributed by atoms with Crippen molar-refractivity contribution in [2.24, 2.45) is 0 Å². The Morgan fingerprint density at radius 2 is 1.96 bits per heavy atom. The van der Waals surface area contributed by atoms with E-state index in [1.165, 1.54) is 4.88 Å². The molecular formula is C19H21N3OS. The average molecular weight is 339 g/mol. The van der Waals surface area contributed by atoms with Gasteiger partial charge in [-0.15, -0.1) is 11.3 Å². The Bertz CT molecular complexity index is 807. The van der Waals surface area contributed by atoms with E-state index in [9.17, 15) is 4.79 Å². The van der Waals surface area contributed by atoms with Gasteiger partial charge in [0, 0.05) is 22.7 Å². The lowest BCUT2D eigenvalue weighted by atomic mass is 10.1. The normalized spacial score (nSPS) is 10.8. The van der Waals surface area contributed by atoms with Crippen LogP contribution in [0.15, 0.2) is 47.8 Å². The van der Waals surface area contributed by atoms with Crippen LogP contribution in [0.1, 0.15) is 21.8 Å². The second-order valence-corrected chi connectivity index (χ2v) is 6.79. The third-order valence-electron chi connectivity index (χ3n) is 4.05. The van der Waals surface area contributed by atoms with E-state index < -0.39 is 0 Å². The van der Waals surface area contributed by atoms with E-state index in [4.69, 9.17) is 0 Å². The van der Waals surface area contributed by atoms with Gasteiger partial charge in [0.05, 0.1) is 17.8 Å². The first-order valence-electron chi connectivity index (χ1n) is 8.05. The van der Waals surface area contributed by atoms with Crippen molar-refractivity contribution in [3.05, 3.63) is 69.7 Å². The minimum atomic E-state index is 0.0466. The van der Waals surface area contributed by atoms with Crippen molar-refractivity contribution in [2.45, 2.75) is 26.7 Å². The van der Waals surface area contributed by atoms with Gasteiger partial charge in [-0.25, -0.2) is 4.68 Å². The monoisotopic (exact) mass is 339 g/mol. The van der Waals surface area contributed by atoms with Crippen molar-refractivity contribution < 1.29 is 4.79 Å². The summed E-state index contributed by atoms with van der Waals surface area (Å²) in [5.41, 5.74) is 3.95. The number of aryl methyl sites for hydroxylation is 1. The molecule has 4 nitrogen and oxygen atoms in total. The first kappa shape index (κ1) is 16.5. The van der Waals surface area contributed by atoms with E-state index in [2.05, 4.69) is 21.9 Å². The molecule has 0 aliphatic heterocycles. The molecule has 0 spiro atoms. The highest BCUT2D eigenvalue weighted by molar-refractivity contribution is 7.09. The fourth-order valence-electron chi connectivity index (χ4n) is 2.75. The minimum Gasteiger partial charge on any atom is -0.355 e. The molecule has 0 fully saturated rings. The van der Waals surface area contributed by atoms with Gasteiger partial charge in [-0.1, -0.05) is 24.3 Å². The lowest BCUT2D eigenvalue weighted by molar-refractivity contribution is -0.120. The topological polar surface area (TPSA) is 46.9 Å². The number of amides is 1. The summed E-state index contributed by atoms with van der Waals surface area (Å²) >= 11 is 1.72. The maximum Gasteiger partial charge on any atom is 0.224 e. The summed E-state index contributed by atoms with van der Waals surface area (Å²) in [7, 11) is 0. The number of nitrogens with zero attached hydrogens (tertiary/aromatic N) is 2. The number of benzene rings is 1. The first-order chi connectivity index (χ1) is 11.6. The summed E-state index contributed by atoms with van der Waals surface area (Å²) in [5.74, 6) is 0.0466. The molecule has 24 heavy (non-hydrogen) atoms. The number of carbonyl (C=O) groups excluding carboxylic acids is 1. The maximum atomic E-state index is 12.2. The Morgan fingerprint density at radius 1 is 1.17 bits per heavy atom. The number of para-hydroxylation sites is 1. The van der Waals surface area contributed by atoms with Gasteiger partial charge in [0.1, 0.15) is 0 Å². The van der Waals surface area contributed by atoms with E-state index in [1.807, 2.05) is 54.9 Å². The van der Waals surface area contributed by atoms with Gasteiger partial charge >= 0.3 is 0 Å². The second kappa shape index (κ2) is 7.45. The highest BCUT2D eigenvalue weighted by Gasteiger charge is 2.15. The molecule has 2 heterocycles. The molecule has 0 atom stereocenters. The molecule has 1 amide bonds. The van der Waals surface area contributed by atoms with Crippen LogP contribution >= 0.6 is 11.3 Å². The zero-order chi connectivity index (χ0) is 16.9. The number of rotatable bonds is 6. The third kappa shape index (κ3) is 3.74. The molecule has 1 N–H and O–H groups in total. The van der Waals surface area contributed by atoms with Gasteiger partial charge in [0.2, 0.25) is 5.91 Å². The fraction of sp³-hybridized carbons (Fsp3) is 0.263. The van der Waals surface area contributed by atoms with E-state index in [1.54, 1.807) is 11.3 Å². The molecule has 2 aromatic heterocycles.